The molecule has 2 rings (SSSR count). The van der Waals surface area contributed by atoms with Crippen molar-refractivity contribution in [2.75, 3.05) is 0 Å². The van der Waals surface area contributed by atoms with E-state index in [1.165, 1.54) is 6.07 Å². The van der Waals surface area contributed by atoms with E-state index in [0.29, 0.717) is 21.3 Å². The Bertz CT molecular complexity index is 556. The van der Waals surface area contributed by atoms with Crippen LogP contribution in [0, 0.1) is 17.0 Å². The summed E-state index contributed by atoms with van der Waals surface area (Å²) in [7, 11) is 0. The summed E-state index contributed by atoms with van der Waals surface area (Å²) >= 11 is 3.21. The van der Waals surface area contributed by atoms with E-state index in [4.69, 9.17) is 0 Å². The molecule has 5 nitrogen and oxygen atoms in total. The van der Waals surface area contributed by atoms with Crippen LogP contribution in [0.15, 0.2) is 22.8 Å². The van der Waals surface area contributed by atoms with Crippen LogP contribution >= 0.6 is 15.9 Å². The number of halogens is 1. The van der Waals surface area contributed by atoms with E-state index in [2.05, 4.69) is 25.9 Å². The number of fused-ring (bicyclic) bond motifs is 1. The van der Waals surface area contributed by atoms with Gasteiger partial charge >= 0.3 is 0 Å². The van der Waals surface area contributed by atoms with Gasteiger partial charge in [-0.05, 0) is 28.9 Å². The Labute approximate surface area is 93.4 Å². The van der Waals surface area contributed by atoms with Crippen molar-refractivity contribution >= 4 is 32.5 Å². The minimum absolute atomic E-state index is 0.0133. The Morgan fingerprint density at radius 1 is 1.40 bits per heavy atom. The predicted molar refractivity (Wildman–Crippen MR) is 58.6 cm³/mol. The zero-order valence-corrected chi connectivity index (χ0v) is 9.35. The number of non-ortho nitro benzene ring substituents is 1. The van der Waals surface area contributed by atoms with Gasteiger partial charge in [-0.1, -0.05) is 6.07 Å². The summed E-state index contributed by atoms with van der Waals surface area (Å²) < 4.78 is 0.456. The maximum absolute atomic E-state index is 10.8. The van der Waals surface area contributed by atoms with E-state index >= 15 is 0 Å². The van der Waals surface area contributed by atoms with Crippen LogP contribution in [0.4, 0.5) is 5.69 Å². The first kappa shape index (κ1) is 9.97. The third kappa shape index (κ3) is 1.68. The Morgan fingerprint density at radius 3 is 2.80 bits per heavy atom. The fraction of sp³-hybridized carbons (Fsp3) is 0.111. The van der Waals surface area contributed by atoms with Crippen LogP contribution in [0.5, 0.6) is 0 Å². The molecular formula is C9H6BrN3O2. The van der Waals surface area contributed by atoms with Crippen molar-refractivity contribution in [2.45, 2.75) is 6.92 Å². The lowest BCUT2D eigenvalue weighted by molar-refractivity contribution is -0.383. The third-order valence-electron chi connectivity index (χ3n) is 1.97. The highest BCUT2D eigenvalue weighted by Crippen LogP contribution is 2.29. The summed E-state index contributed by atoms with van der Waals surface area (Å²) in [6.07, 6.45) is 0. The number of aromatic nitrogens is 2. The first-order chi connectivity index (χ1) is 7.09. The van der Waals surface area contributed by atoms with Crippen LogP contribution in [-0.4, -0.2) is 14.9 Å². The third-order valence-corrected chi connectivity index (χ3v) is 2.54. The van der Waals surface area contributed by atoms with Crippen LogP contribution in [0.2, 0.25) is 0 Å². The van der Waals surface area contributed by atoms with E-state index in [1.54, 1.807) is 19.1 Å². The Kier molecular flexibility index (Phi) is 2.36. The van der Waals surface area contributed by atoms with Crippen molar-refractivity contribution in [1.29, 1.82) is 0 Å². The summed E-state index contributed by atoms with van der Waals surface area (Å²) in [5, 5.41) is 11.2. The van der Waals surface area contributed by atoms with Gasteiger partial charge in [-0.2, -0.15) is 0 Å². The second-order valence-corrected chi connectivity index (χ2v) is 3.74. The average Bonchev–Trinajstić information content (AvgIpc) is 2.16. The van der Waals surface area contributed by atoms with Gasteiger partial charge in [0.1, 0.15) is 15.8 Å². The molecule has 0 bridgehead atoms. The summed E-state index contributed by atoms with van der Waals surface area (Å²) in [5.74, 6) is 0.579. The molecule has 0 N–H and O–H groups in total. The van der Waals surface area contributed by atoms with Crippen LogP contribution in [0.3, 0.4) is 0 Å². The number of hydrogen-bond acceptors (Lipinski definition) is 4. The van der Waals surface area contributed by atoms with Gasteiger partial charge < -0.3 is 0 Å². The SMILES string of the molecule is Cc1nc(Br)c2c([N+](=O)[O-])cccc2n1. The molecule has 2 aromatic rings. The molecule has 0 radical (unpaired) electrons. The quantitative estimate of drug-likeness (QED) is 0.453. The molecule has 0 amide bonds. The van der Waals surface area contributed by atoms with Crippen molar-refractivity contribution in [3.8, 4) is 0 Å². The number of benzene rings is 1. The van der Waals surface area contributed by atoms with Crippen molar-refractivity contribution in [1.82, 2.24) is 9.97 Å². The average molecular weight is 268 g/mol. The summed E-state index contributed by atoms with van der Waals surface area (Å²) in [6.45, 7) is 1.74. The molecule has 0 spiro atoms. The van der Waals surface area contributed by atoms with Gasteiger partial charge in [0.05, 0.1) is 10.4 Å². The van der Waals surface area contributed by atoms with Gasteiger partial charge in [0.25, 0.3) is 5.69 Å². The molecule has 1 heterocycles. The summed E-state index contributed by atoms with van der Waals surface area (Å²) in [6, 6.07) is 4.77. The normalized spacial score (nSPS) is 10.5. The highest BCUT2D eigenvalue weighted by molar-refractivity contribution is 9.10. The van der Waals surface area contributed by atoms with Crippen molar-refractivity contribution < 1.29 is 4.92 Å². The topological polar surface area (TPSA) is 68.9 Å². The van der Waals surface area contributed by atoms with Gasteiger partial charge in [-0.15, -0.1) is 0 Å². The fourth-order valence-electron chi connectivity index (χ4n) is 1.38. The second-order valence-electron chi connectivity index (χ2n) is 2.99. The molecule has 76 valence electrons. The summed E-state index contributed by atoms with van der Waals surface area (Å²) in [4.78, 5) is 18.5. The van der Waals surface area contributed by atoms with Gasteiger partial charge in [0.15, 0.2) is 0 Å². The lowest BCUT2D eigenvalue weighted by Gasteiger charge is -2.01. The molecule has 1 aromatic heterocycles. The van der Waals surface area contributed by atoms with E-state index < -0.39 is 4.92 Å². The van der Waals surface area contributed by atoms with Gasteiger partial charge in [-0.25, -0.2) is 9.97 Å². The second kappa shape index (κ2) is 3.54. The molecule has 6 heteroatoms. The van der Waals surface area contributed by atoms with Crippen molar-refractivity contribution in [3.63, 3.8) is 0 Å². The highest BCUT2D eigenvalue weighted by Gasteiger charge is 2.15. The molecule has 0 fully saturated rings. The van der Waals surface area contributed by atoms with E-state index in [9.17, 15) is 10.1 Å². The standard InChI is InChI=1S/C9H6BrN3O2/c1-5-11-6-3-2-4-7(13(14)15)8(6)9(10)12-5/h2-4H,1H3. The van der Waals surface area contributed by atoms with Crippen molar-refractivity contribution in [2.24, 2.45) is 0 Å². The van der Waals surface area contributed by atoms with Gasteiger partial charge in [0, 0.05) is 6.07 Å². The minimum atomic E-state index is -0.439. The highest BCUT2D eigenvalue weighted by atomic mass is 79.9. The van der Waals surface area contributed by atoms with Gasteiger partial charge in [0.2, 0.25) is 0 Å². The summed E-state index contributed by atoms with van der Waals surface area (Å²) in [5.41, 5.74) is 0.586. The molecule has 0 aliphatic heterocycles. The molecule has 0 aliphatic carbocycles. The van der Waals surface area contributed by atoms with Crippen molar-refractivity contribution in [3.05, 3.63) is 38.7 Å². The van der Waals surface area contributed by atoms with E-state index in [1.807, 2.05) is 0 Å². The van der Waals surface area contributed by atoms with Crippen LogP contribution in [0.1, 0.15) is 5.82 Å². The molecule has 0 saturated heterocycles. The van der Waals surface area contributed by atoms with Gasteiger partial charge in [-0.3, -0.25) is 10.1 Å². The lowest BCUT2D eigenvalue weighted by atomic mass is 10.2. The minimum Gasteiger partial charge on any atom is -0.258 e. The van der Waals surface area contributed by atoms with E-state index in [-0.39, 0.29) is 5.69 Å². The van der Waals surface area contributed by atoms with E-state index in [0.717, 1.165) is 0 Å². The lowest BCUT2D eigenvalue weighted by Crippen LogP contribution is -1.95. The number of hydrogen-bond donors (Lipinski definition) is 0. The van der Waals surface area contributed by atoms with Crippen LogP contribution in [-0.2, 0) is 0 Å². The molecule has 0 saturated carbocycles. The maximum atomic E-state index is 10.8. The Morgan fingerprint density at radius 2 is 2.13 bits per heavy atom. The number of nitro groups is 1. The monoisotopic (exact) mass is 267 g/mol. The number of aryl methyl sites for hydroxylation is 1. The Hall–Kier alpha value is -1.56. The molecule has 15 heavy (non-hydrogen) atoms. The first-order valence-electron chi connectivity index (χ1n) is 4.17. The smallest absolute Gasteiger partial charge is 0.258 e. The predicted octanol–water partition coefficient (Wildman–Crippen LogP) is 2.61. The Balaban J connectivity index is 2.91. The zero-order valence-electron chi connectivity index (χ0n) is 7.77. The molecule has 1 aromatic carbocycles. The first-order valence-corrected chi connectivity index (χ1v) is 4.96. The molecule has 0 atom stereocenters. The van der Waals surface area contributed by atoms with Crippen LogP contribution < -0.4 is 0 Å². The number of nitrogens with zero attached hydrogens (tertiary/aromatic N) is 3. The fourth-order valence-corrected chi connectivity index (χ4v) is 2.05. The van der Waals surface area contributed by atoms with Crippen LogP contribution in [0.25, 0.3) is 10.9 Å². The number of rotatable bonds is 1. The molecular weight excluding hydrogens is 262 g/mol. The molecule has 0 unspecified atom stereocenters. The molecule has 0 aliphatic rings. The maximum Gasteiger partial charge on any atom is 0.281 e. The zero-order chi connectivity index (χ0) is 11.0. The number of nitro benzene ring substituents is 1. The largest absolute Gasteiger partial charge is 0.281 e.